The van der Waals surface area contributed by atoms with E-state index in [1.54, 1.807) is 12.1 Å². The SMILES string of the molecule is Fc1ccc(Oc2ccc(Br)cc2Br)cc1Br. The van der Waals surface area contributed by atoms with Gasteiger partial charge in [0.25, 0.3) is 0 Å². The summed E-state index contributed by atoms with van der Waals surface area (Å²) in [6.45, 7) is 0. The molecule has 2 rings (SSSR count). The van der Waals surface area contributed by atoms with E-state index in [9.17, 15) is 4.39 Å². The van der Waals surface area contributed by atoms with Crippen LogP contribution in [-0.4, -0.2) is 0 Å². The monoisotopic (exact) mass is 422 g/mol. The Morgan fingerprint density at radius 2 is 1.65 bits per heavy atom. The third kappa shape index (κ3) is 3.30. The molecular weight excluding hydrogens is 419 g/mol. The van der Waals surface area contributed by atoms with Crippen molar-refractivity contribution in [2.75, 3.05) is 0 Å². The second-order valence-corrected chi connectivity index (χ2v) is 5.88. The smallest absolute Gasteiger partial charge is 0.141 e. The van der Waals surface area contributed by atoms with E-state index in [0.717, 1.165) is 8.95 Å². The summed E-state index contributed by atoms with van der Waals surface area (Å²) in [6, 6.07) is 10.1. The molecule has 0 atom stereocenters. The highest BCUT2D eigenvalue weighted by Gasteiger charge is 2.05. The normalized spacial score (nSPS) is 10.4. The topological polar surface area (TPSA) is 9.23 Å². The molecule has 0 saturated carbocycles. The molecule has 0 aliphatic carbocycles. The van der Waals surface area contributed by atoms with Crippen molar-refractivity contribution in [2.45, 2.75) is 0 Å². The predicted molar refractivity (Wildman–Crippen MR) is 76.0 cm³/mol. The lowest BCUT2D eigenvalue weighted by atomic mass is 10.3. The Kier molecular flexibility index (Phi) is 4.22. The van der Waals surface area contributed by atoms with Gasteiger partial charge in [-0.2, -0.15) is 0 Å². The number of hydrogen-bond acceptors (Lipinski definition) is 1. The van der Waals surface area contributed by atoms with Crippen LogP contribution < -0.4 is 4.74 Å². The number of hydrogen-bond donors (Lipinski definition) is 0. The maximum absolute atomic E-state index is 13.1. The minimum absolute atomic E-state index is 0.313. The van der Waals surface area contributed by atoms with Gasteiger partial charge in [-0.3, -0.25) is 0 Å². The molecule has 17 heavy (non-hydrogen) atoms. The first-order valence-electron chi connectivity index (χ1n) is 4.64. The van der Waals surface area contributed by atoms with Crippen LogP contribution in [0, 0.1) is 5.82 Å². The van der Waals surface area contributed by atoms with E-state index in [1.807, 2.05) is 18.2 Å². The molecule has 2 aromatic carbocycles. The average molecular weight is 425 g/mol. The fourth-order valence-corrected chi connectivity index (χ4v) is 2.71. The molecule has 0 aliphatic rings. The van der Waals surface area contributed by atoms with Crippen LogP contribution in [0.25, 0.3) is 0 Å². The van der Waals surface area contributed by atoms with Crippen molar-refractivity contribution in [3.8, 4) is 11.5 Å². The molecule has 0 N–H and O–H groups in total. The molecule has 0 saturated heterocycles. The van der Waals surface area contributed by atoms with Gasteiger partial charge in [0.15, 0.2) is 0 Å². The van der Waals surface area contributed by atoms with Gasteiger partial charge >= 0.3 is 0 Å². The van der Waals surface area contributed by atoms with E-state index >= 15 is 0 Å². The lowest BCUT2D eigenvalue weighted by Gasteiger charge is -2.08. The Morgan fingerprint density at radius 3 is 2.29 bits per heavy atom. The second kappa shape index (κ2) is 5.50. The van der Waals surface area contributed by atoms with Crippen LogP contribution >= 0.6 is 47.8 Å². The average Bonchev–Trinajstić information content (AvgIpc) is 2.27. The molecule has 0 amide bonds. The Balaban J connectivity index is 2.28. The number of rotatable bonds is 2. The van der Waals surface area contributed by atoms with Gasteiger partial charge in [0, 0.05) is 4.47 Å². The molecule has 0 spiro atoms. The van der Waals surface area contributed by atoms with Crippen LogP contribution in [0.15, 0.2) is 49.8 Å². The summed E-state index contributed by atoms with van der Waals surface area (Å²) in [5.74, 6) is 0.931. The summed E-state index contributed by atoms with van der Waals surface area (Å²) in [6.07, 6.45) is 0. The molecule has 2 aromatic rings. The van der Waals surface area contributed by atoms with Crippen LogP contribution in [0.5, 0.6) is 11.5 Å². The zero-order valence-electron chi connectivity index (χ0n) is 8.38. The van der Waals surface area contributed by atoms with E-state index in [1.165, 1.54) is 6.07 Å². The summed E-state index contributed by atoms with van der Waals surface area (Å²) >= 11 is 9.87. The van der Waals surface area contributed by atoms with Crippen molar-refractivity contribution < 1.29 is 9.13 Å². The van der Waals surface area contributed by atoms with Crippen LogP contribution in [0.1, 0.15) is 0 Å². The third-order valence-electron chi connectivity index (χ3n) is 2.01. The lowest BCUT2D eigenvalue weighted by Crippen LogP contribution is -1.87. The molecular formula is C12H6Br3FO. The molecule has 1 nitrogen and oxygen atoms in total. The summed E-state index contributed by atoms with van der Waals surface area (Å²) in [4.78, 5) is 0. The van der Waals surface area contributed by atoms with Gasteiger partial charge in [-0.05, 0) is 68.3 Å². The van der Waals surface area contributed by atoms with Crippen molar-refractivity contribution >= 4 is 47.8 Å². The Labute approximate surface area is 123 Å². The van der Waals surface area contributed by atoms with Gasteiger partial charge in [0.1, 0.15) is 17.3 Å². The summed E-state index contributed by atoms with van der Waals surface area (Å²) in [5.41, 5.74) is 0. The largest absolute Gasteiger partial charge is 0.456 e. The van der Waals surface area contributed by atoms with Gasteiger partial charge in [-0.15, -0.1) is 0 Å². The van der Waals surface area contributed by atoms with Crippen LogP contribution in [-0.2, 0) is 0 Å². The number of ether oxygens (including phenoxy) is 1. The van der Waals surface area contributed by atoms with Gasteiger partial charge in [-0.1, -0.05) is 15.9 Å². The zero-order chi connectivity index (χ0) is 12.4. The van der Waals surface area contributed by atoms with Crippen LogP contribution in [0.2, 0.25) is 0 Å². The minimum Gasteiger partial charge on any atom is -0.456 e. The number of halogens is 4. The second-order valence-electron chi connectivity index (χ2n) is 3.25. The third-order valence-corrected chi connectivity index (χ3v) is 3.73. The highest BCUT2D eigenvalue weighted by atomic mass is 79.9. The molecule has 88 valence electrons. The molecule has 0 fully saturated rings. The maximum atomic E-state index is 13.1. The summed E-state index contributed by atoms with van der Waals surface area (Å²) in [5, 5.41) is 0. The van der Waals surface area contributed by atoms with Crippen molar-refractivity contribution in [2.24, 2.45) is 0 Å². The van der Waals surface area contributed by atoms with Gasteiger partial charge in [-0.25, -0.2) is 4.39 Å². The Bertz CT molecular complexity index is 557. The minimum atomic E-state index is -0.313. The summed E-state index contributed by atoms with van der Waals surface area (Å²) < 4.78 is 20.8. The highest BCUT2D eigenvalue weighted by molar-refractivity contribution is 9.11. The molecule has 5 heteroatoms. The van der Waals surface area contributed by atoms with Crippen molar-refractivity contribution in [1.29, 1.82) is 0 Å². The summed E-state index contributed by atoms with van der Waals surface area (Å²) in [7, 11) is 0. The molecule has 0 aromatic heterocycles. The molecule has 0 bridgehead atoms. The van der Waals surface area contributed by atoms with E-state index < -0.39 is 0 Å². The van der Waals surface area contributed by atoms with Crippen LogP contribution in [0.3, 0.4) is 0 Å². The molecule has 0 unspecified atom stereocenters. The van der Waals surface area contributed by atoms with Crippen molar-refractivity contribution in [3.63, 3.8) is 0 Å². The Hall–Kier alpha value is -0.390. The van der Waals surface area contributed by atoms with Gasteiger partial charge in [0.2, 0.25) is 0 Å². The van der Waals surface area contributed by atoms with Crippen molar-refractivity contribution in [1.82, 2.24) is 0 Å². The molecule has 0 heterocycles. The zero-order valence-corrected chi connectivity index (χ0v) is 13.1. The molecule has 0 aliphatic heterocycles. The predicted octanol–water partition coefficient (Wildman–Crippen LogP) is 5.91. The van der Waals surface area contributed by atoms with E-state index in [2.05, 4.69) is 47.8 Å². The quantitative estimate of drug-likeness (QED) is 0.582. The molecule has 0 radical (unpaired) electrons. The lowest BCUT2D eigenvalue weighted by molar-refractivity contribution is 0.477. The van der Waals surface area contributed by atoms with E-state index in [-0.39, 0.29) is 5.82 Å². The maximum Gasteiger partial charge on any atom is 0.141 e. The van der Waals surface area contributed by atoms with Crippen molar-refractivity contribution in [3.05, 3.63) is 55.6 Å². The highest BCUT2D eigenvalue weighted by Crippen LogP contribution is 2.33. The van der Waals surface area contributed by atoms with E-state index in [4.69, 9.17) is 4.74 Å². The first-order valence-corrected chi connectivity index (χ1v) is 7.02. The van der Waals surface area contributed by atoms with E-state index in [0.29, 0.717) is 16.0 Å². The first kappa shape index (κ1) is 13.1. The van der Waals surface area contributed by atoms with Crippen LogP contribution in [0.4, 0.5) is 4.39 Å². The fraction of sp³-hybridized carbons (Fsp3) is 0. The standard InChI is InChI=1S/C12H6Br3FO/c13-7-1-4-12(10(15)5-7)17-8-2-3-11(16)9(14)6-8/h1-6H. The van der Waals surface area contributed by atoms with Gasteiger partial charge < -0.3 is 4.74 Å². The van der Waals surface area contributed by atoms with Gasteiger partial charge in [0.05, 0.1) is 8.95 Å². The Morgan fingerprint density at radius 1 is 0.882 bits per heavy atom. The number of benzene rings is 2. The fourth-order valence-electron chi connectivity index (χ4n) is 1.23. The first-order chi connectivity index (χ1) is 8.06.